The Balaban J connectivity index is 1.96. The molecule has 0 spiro atoms. The zero-order chi connectivity index (χ0) is 17.7. The van der Waals surface area contributed by atoms with Crippen molar-refractivity contribution >= 4 is 5.91 Å². The maximum atomic E-state index is 12.4. The molecule has 1 aromatic carbocycles. The van der Waals surface area contributed by atoms with Gasteiger partial charge in [-0.25, -0.2) is 0 Å². The van der Waals surface area contributed by atoms with Gasteiger partial charge in [0.1, 0.15) is 12.4 Å². The minimum absolute atomic E-state index is 0.181. The molecule has 0 bridgehead atoms. The molecule has 0 aliphatic rings. The number of benzene rings is 1. The van der Waals surface area contributed by atoms with Crippen LogP contribution in [0.1, 0.15) is 34.1 Å². The van der Waals surface area contributed by atoms with Crippen LogP contribution in [0.15, 0.2) is 35.1 Å². The minimum Gasteiger partial charge on any atom is -0.492 e. The van der Waals surface area contributed by atoms with Crippen LogP contribution >= 0.6 is 0 Å². The predicted molar refractivity (Wildman–Crippen MR) is 94.8 cm³/mol. The Morgan fingerprint density at radius 3 is 2.42 bits per heavy atom. The van der Waals surface area contributed by atoms with E-state index in [1.54, 1.807) is 18.0 Å². The fourth-order valence-corrected chi connectivity index (χ4v) is 2.55. The van der Waals surface area contributed by atoms with Gasteiger partial charge < -0.3 is 14.6 Å². The summed E-state index contributed by atoms with van der Waals surface area (Å²) in [5.41, 5.74) is 3.20. The van der Waals surface area contributed by atoms with Crippen LogP contribution in [0.25, 0.3) is 0 Å². The highest BCUT2D eigenvalue weighted by atomic mass is 16.5. The van der Waals surface area contributed by atoms with Crippen LogP contribution in [0, 0.1) is 13.8 Å². The summed E-state index contributed by atoms with van der Waals surface area (Å²) < 4.78 is 5.73. The number of hydrogen-bond acceptors (Lipinski definition) is 3. The SMILES string of the molecule is CCc1cc(C(=O)N(C)CCOc2cc(C)cc(C)c2)cc(=O)[nH]1. The number of amides is 1. The fraction of sp³-hybridized carbons (Fsp3) is 0.368. The van der Waals surface area contributed by atoms with Crippen LogP contribution in [0.5, 0.6) is 5.75 Å². The summed E-state index contributed by atoms with van der Waals surface area (Å²) in [4.78, 5) is 28.3. The van der Waals surface area contributed by atoms with Gasteiger partial charge in [-0.2, -0.15) is 0 Å². The molecule has 0 atom stereocenters. The predicted octanol–water partition coefficient (Wildman–Crippen LogP) is 2.71. The molecule has 1 amide bonds. The quantitative estimate of drug-likeness (QED) is 0.887. The number of carbonyl (C=O) groups is 1. The Labute approximate surface area is 142 Å². The highest BCUT2D eigenvalue weighted by molar-refractivity contribution is 5.94. The number of likely N-dealkylation sites (N-methyl/N-ethyl adjacent to an activating group) is 1. The molecule has 5 nitrogen and oxygen atoms in total. The highest BCUT2D eigenvalue weighted by Crippen LogP contribution is 2.16. The third-order valence-electron chi connectivity index (χ3n) is 3.77. The van der Waals surface area contributed by atoms with Crippen molar-refractivity contribution in [3.05, 3.63) is 63.1 Å². The maximum Gasteiger partial charge on any atom is 0.253 e. The molecule has 1 aromatic heterocycles. The standard InChI is InChI=1S/C19H24N2O3/c1-5-16-11-15(12-18(22)20-16)19(23)21(4)6-7-24-17-9-13(2)8-14(3)10-17/h8-12H,5-7H2,1-4H3,(H,20,22). The number of hydrogen-bond donors (Lipinski definition) is 1. The molecule has 0 unspecified atom stereocenters. The van der Waals surface area contributed by atoms with Crippen molar-refractivity contribution in [2.45, 2.75) is 27.2 Å². The Kier molecular flexibility index (Phi) is 5.79. The maximum absolute atomic E-state index is 12.4. The number of nitrogens with zero attached hydrogens (tertiary/aromatic N) is 1. The summed E-state index contributed by atoms with van der Waals surface area (Å²) in [5, 5.41) is 0. The first-order valence-electron chi connectivity index (χ1n) is 8.09. The average molecular weight is 328 g/mol. The summed E-state index contributed by atoms with van der Waals surface area (Å²) in [6.45, 7) is 6.82. The van der Waals surface area contributed by atoms with E-state index in [4.69, 9.17) is 4.74 Å². The molecule has 1 heterocycles. The van der Waals surface area contributed by atoms with Crippen molar-refractivity contribution in [3.63, 3.8) is 0 Å². The zero-order valence-corrected chi connectivity index (χ0v) is 14.7. The first-order chi connectivity index (χ1) is 11.4. The normalized spacial score (nSPS) is 10.5. The number of H-pyrrole nitrogens is 1. The van der Waals surface area contributed by atoms with Gasteiger partial charge in [-0.15, -0.1) is 0 Å². The van der Waals surface area contributed by atoms with E-state index in [1.165, 1.54) is 6.07 Å². The molecule has 1 N–H and O–H groups in total. The summed E-state index contributed by atoms with van der Waals surface area (Å²) in [5.74, 6) is 0.623. The van der Waals surface area contributed by atoms with Gasteiger partial charge in [-0.05, 0) is 49.6 Å². The number of pyridine rings is 1. The van der Waals surface area contributed by atoms with Crippen molar-refractivity contribution in [1.29, 1.82) is 0 Å². The third-order valence-corrected chi connectivity index (χ3v) is 3.77. The van der Waals surface area contributed by atoms with Crippen LogP contribution in [0.3, 0.4) is 0 Å². The number of ether oxygens (including phenoxy) is 1. The molecule has 0 fully saturated rings. The van der Waals surface area contributed by atoms with Crippen molar-refractivity contribution in [2.75, 3.05) is 20.2 Å². The lowest BCUT2D eigenvalue weighted by atomic mass is 10.1. The first kappa shape index (κ1) is 17.8. The summed E-state index contributed by atoms with van der Waals surface area (Å²) in [6, 6.07) is 9.09. The molecule has 0 saturated heterocycles. The van der Waals surface area contributed by atoms with E-state index >= 15 is 0 Å². The van der Waals surface area contributed by atoms with E-state index in [-0.39, 0.29) is 11.5 Å². The van der Waals surface area contributed by atoms with Gasteiger partial charge in [0.25, 0.3) is 5.91 Å². The fourth-order valence-electron chi connectivity index (χ4n) is 2.55. The number of nitrogens with one attached hydrogen (secondary N) is 1. The number of aromatic amines is 1. The van der Waals surface area contributed by atoms with E-state index in [0.717, 1.165) is 22.6 Å². The van der Waals surface area contributed by atoms with Gasteiger partial charge >= 0.3 is 0 Å². The highest BCUT2D eigenvalue weighted by Gasteiger charge is 2.13. The van der Waals surface area contributed by atoms with Gasteiger partial charge in [-0.1, -0.05) is 13.0 Å². The molecular weight excluding hydrogens is 304 g/mol. The second kappa shape index (κ2) is 7.81. The molecule has 0 radical (unpaired) electrons. The van der Waals surface area contributed by atoms with E-state index in [2.05, 4.69) is 11.1 Å². The molecule has 128 valence electrons. The number of rotatable bonds is 6. The molecule has 2 aromatic rings. The minimum atomic E-state index is -0.252. The Morgan fingerprint density at radius 2 is 1.79 bits per heavy atom. The largest absolute Gasteiger partial charge is 0.492 e. The van der Waals surface area contributed by atoms with Gasteiger partial charge in [0.15, 0.2) is 0 Å². The molecule has 0 aliphatic carbocycles. The van der Waals surface area contributed by atoms with Crippen molar-refractivity contribution < 1.29 is 9.53 Å². The Bertz CT molecular complexity index is 760. The smallest absolute Gasteiger partial charge is 0.253 e. The van der Waals surface area contributed by atoms with Crippen LogP contribution < -0.4 is 10.3 Å². The number of carbonyl (C=O) groups excluding carboxylic acids is 1. The van der Waals surface area contributed by atoms with Crippen molar-refractivity contribution in [2.24, 2.45) is 0 Å². The Morgan fingerprint density at radius 1 is 1.12 bits per heavy atom. The number of aryl methyl sites for hydroxylation is 3. The molecule has 2 rings (SSSR count). The first-order valence-corrected chi connectivity index (χ1v) is 8.09. The summed E-state index contributed by atoms with van der Waals surface area (Å²) in [6.07, 6.45) is 0.676. The lowest BCUT2D eigenvalue weighted by Crippen LogP contribution is -2.31. The van der Waals surface area contributed by atoms with Gasteiger partial charge in [0.05, 0.1) is 6.54 Å². The lowest BCUT2D eigenvalue weighted by Gasteiger charge is -2.18. The molecule has 5 heteroatoms. The van der Waals surface area contributed by atoms with E-state index in [9.17, 15) is 9.59 Å². The third kappa shape index (κ3) is 4.72. The van der Waals surface area contributed by atoms with Gasteiger partial charge in [-0.3, -0.25) is 9.59 Å². The second-order valence-electron chi connectivity index (χ2n) is 6.01. The summed E-state index contributed by atoms with van der Waals surface area (Å²) in [7, 11) is 1.71. The monoisotopic (exact) mass is 328 g/mol. The second-order valence-corrected chi connectivity index (χ2v) is 6.01. The molecule has 0 aliphatic heterocycles. The topological polar surface area (TPSA) is 62.4 Å². The van der Waals surface area contributed by atoms with Crippen molar-refractivity contribution in [1.82, 2.24) is 9.88 Å². The Hall–Kier alpha value is -2.56. The van der Waals surface area contributed by atoms with Gasteiger partial charge in [0, 0.05) is 24.4 Å². The van der Waals surface area contributed by atoms with Crippen molar-refractivity contribution in [3.8, 4) is 5.75 Å². The van der Waals surface area contributed by atoms with Crippen LogP contribution in [-0.4, -0.2) is 36.0 Å². The van der Waals surface area contributed by atoms with Gasteiger partial charge in [0.2, 0.25) is 5.56 Å². The van der Waals surface area contributed by atoms with E-state index < -0.39 is 0 Å². The van der Waals surface area contributed by atoms with E-state index in [1.807, 2.05) is 32.9 Å². The van der Waals surface area contributed by atoms with E-state index in [0.29, 0.717) is 25.1 Å². The molecule has 24 heavy (non-hydrogen) atoms. The van der Waals surface area contributed by atoms with Crippen LogP contribution in [0.4, 0.5) is 0 Å². The average Bonchev–Trinajstić information content (AvgIpc) is 2.52. The molecule has 0 saturated carbocycles. The number of aromatic nitrogens is 1. The van der Waals surface area contributed by atoms with Crippen LogP contribution in [-0.2, 0) is 6.42 Å². The lowest BCUT2D eigenvalue weighted by molar-refractivity contribution is 0.0773. The molecular formula is C19H24N2O3. The summed E-state index contributed by atoms with van der Waals surface area (Å²) >= 11 is 0. The zero-order valence-electron chi connectivity index (χ0n) is 14.7. The van der Waals surface area contributed by atoms with Crippen LogP contribution in [0.2, 0.25) is 0 Å².